The first-order chi connectivity index (χ1) is 42.5. The van der Waals surface area contributed by atoms with Gasteiger partial charge in [0.2, 0.25) is 0 Å². The Morgan fingerprint density at radius 3 is 0.954 bits per heavy atom. The van der Waals surface area contributed by atoms with E-state index in [9.17, 15) is 0 Å². The lowest BCUT2D eigenvalue weighted by Gasteiger charge is -2.36. The highest BCUT2D eigenvalue weighted by Crippen LogP contribution is 2.57. The van der Waals surface area contributed by atoms with Gasteiger partial charge < -0.3 is 9.80 Å². The normalized spacial score (nSPS) is 14.4. The van der Waals surface area contributed by atoms with Gasteiger partial charge in [0, 0.05) is 50.4 Å². The molecule has 87 heavy (non-hydrogen) atoms. The van der Waals surface area contributed by atoms with Gasteiger partial charge in [-0.05, 0) is 205 Å². The molecule has 14 aromatic rings. The second-order valence-electron chi connectivity index (χ2n) is 25.9. The fraction of sp³-hybridized carbons (Fsp3) is 0.106. The van der Waals surface area contributed by atoms with Crippen LogP contribution in [0, 0.1) is 0 Å². The molecule has 0 radical (unpaired) electrons. The van der Waals surface area contributed by atoms with Crippen LogP contribution in [0.1, 0.15) is 74.9 Å². The number of fused-ring (bicyclic) bond motifs is 9. The Morgan fingerprint density at radius 1 is 0.195 bits per heavy atom. The van der Waals surface area contributed by atoms with Gasteiger partial charge >= 0.3 is 0 Å². The maximum absolute atomic E-state index is 2.53. The van der Waals surface area contributed by atoms with E-state index in [0.717, 1.165) is 34.1 Å². The van der Waals surface area contributed by atoms with E-state index >= 15 is 0 Å². The molecule has 0 amide bonds. The van der Waals surface area contributed by atoms with E-state index in [2.05, 4.69) is 330 Å². The topological polar surface area (TPSA) is 6.48 Å². The van der Waals surface area contributed by atoms with Crippen molar-refractivity contribution in [3.8, 4) is 55.6 Å². The molecule has 14 aromatic carbocycles. The summed E-state index contributed by atoms with van der Waals surface area (Å²) in [5, 5.41) is 9.96. The second-order valence-corrected chi connectivity index (χ2v) is 25.9. The standard InChI is InChI=1S/C85H64N2/c1-83(2)75-37-21-18-32-61(75)70-50-58(42-49-76(70)83)87(55-28-14-9-15-29-55)57-41-44-69-72(52-57)80(67-48-46-65-60-31-17-20-36-74(60)85(5,6)78-39-23-34-63(67)82(65)78)68-43-40-56(86(53-24-10-7-11-25-53)54-26-12-8-13-27-54)51-71(68)79(69)66-47-45-64-59-30-16-19-35-73(59)84(3,4)77-38-22-33-62(66)81(64)77/h7-52H,1-6H3. The fourth-order valence-corrected chi connectivity index (χ4v) is 16.1. The summed E-state index contributed by atoms with van der Waals surface area (Å²) in [5.41, 5.74) is 26.9. The van der Waals surface area contributed by atoms with Crippen LogP contribution in [0.15, 0.2) is 279 Å². The first-order valence-corrected chi connectivity index (χ1v) is 30.8. The van der Waals surface area contributed by atoms with Crippen molar-refractivity contribution < 1.29 is 0 Å². The third kappa shape index (κ3) is 7.41. The van der Waals surface area contributed by atoms with Crippen molar-refractivity contribution in [3.63, 3.8) is 0 Å². The minimum absolute atomic E-state index is 0.118. The number of nitrogens with zero attached hydrogens (tertiary/aromatic N) is 2. The predicted octanol–water partition coefficient (Wildman–Crippen LogP) is 23.5. The van der Waals surface area contributed by atoms with Crippen molar-refractivity contribution in [3.05, 3.63) is 312 Å². The lowest BCUT2D eigenvalue weighted by molar-refractivity contribution is 0.645. The first-order valence-electron chi connectivity index (χ1n) is 30.8. The quantitative estimate of drug-likeness (QED) is 0.140. The van der Waals surface area contributed by atoms with Gasteiger partial charge in [-0.1, -0.05) is 248 Å². The lowest BCUT2D eigenvalue weighted by atomic mass is 9.67. The average molecular weight is 1110 g/mol. The van der Waals surface area contributed by atoms with Crippen LogP contribution < -0.4 is 9.80 Å². The third-order valence-corrected chi connectivity index (χ3v) is 20.2. The molecule has 0 heterocycles. The Hall–Kier alpha value is -10.3. The zero-order chi connectivity index (χ0) is 58.5. The van der Waals surface area contributed by atoms with Crippen LogP contribution in [0.25, 0.3) is 98.7 Å². The van der Waals surface area contributed by atoms with Gasteiger partial charge in [-0.3, -0.25) is 0 Å². The molecule has 2 heteroatoms. The van der Waals surface area contributed by atoms with E-state index in [0.29, 0.717) is 0 Å². The van der Waals surface area contributed by atoms with Crippen LogP contribution >= 0.6 is 0 Å². The minimum Gasteiger partial charge on any atom is -0.310 e. The summed E-state index contributed by atoms with van der Waals surface area (Å²) in [7, 11) is 0. The lowest BCUT2D eigenvalue weighted by Crippen LogP contribution is -2.23. The molecule has 0 atom stereocenters. The maximum atomic E-state index is 2.53. The summed E-state index contributed by atoms with van der Waals surface area (Å²) in [6, 6.07) is 106. The summed E-state index contributed by atoms with van der Waals surface area (Å²) in [4.78, 5) is 4.91. The molecule has 2 nitrogen and oxygen atoms in total. The van der Waals surface area contributed by atoms with Gasteiger partial charge in [-0.15, -0.1) is 0 Å². The first kappa shape index (κ1) is 51.2. The van der Waals surface area contributed by atoms with Crippen molar-refractivity contribution in [2.45, 2.75) is 57.8 Å². The van der Waals surface area contributed by atoms with Crippen molar-refractivity contribution in [1.82, 2.24) is 0 Å². The summed E-state index contributed by atoms with van der Waals surface area (Å²) in [6.07, 6.45) is 0. The molecule has 0 bridgehead atoms. The number of rotatable bonds is 8. The van der Waals surface area contributed by atoms with Gasteiger partial charge in [0.25, 0.3) is 0 Å². The van der Waals surface area contributed by atoms with E-state index in [1.807, 2.05) is 0 Å². The highest BCUT2D eigenvalue weighted by Gasteiger charge is 2.38. The van der Waals surface area contributed by atoms with E-state index in [4.69, 9.17) is 0 Å². The maximum Gasteiger partial charge on any atom is 0.0468 e. The largest absolute Gasteiger partial charge is 0.310 e. The fourth-order valence-electron chi connectivity index (χ4n) is 16.1. The number of hydrogen-bond donors (Lipinski definition) is 0. The van der Waals surface area contributed by atoms with E-state index in [1.165, 1.54) is 132 Å². The van der Waals surface area contributed by atoms with Gasteiger partial charge in [-0.2, -0.15) is 0 Å². The molecule has 0 N–H and O–H groups in total. The summed E-state index contributed by atoms with van der Waals surface area (Å²) < 4.78 is 0. The van der Waals surface area contributed by atoms with Gasteiger partial charge in [-0.25, -0.2) is 0 Å². The Balaban J connectivity index is 1.02. The molecule has 3 aliphatic carbocycles. The number of benzene rings is 14. The highest BCUT2D eigenvalue weighted by molar-refractivity contribution is 6.28. The van der Waals surface area contributed by atoms with E-state index in [1.54, 1.807) is 0 Å². The molecule has 0 aliphatic heterocycles. The summed E-state index contributed by atoms with van der Waals surface area (Å²) >= 11 is 0. The Kier molecular flexibility index (Phi) is 11.1. The van der Waals surface area contributed by atoms with Crippen molar-refractivity contribution in [2.24, 2.45) is 0 Å². The minimum atomic E-state index is -0.221. The van der Waals surface area contributed by atoms with E-state index in [-0.39, 0.29) is 16.2 Å². The molecule has 0 saturated carbocycles. The Morgan fingerprint density at radius 2 is 0.517 bits per heavy atom. The van der Waals surface area contributed by atoms with Crippen LogP contribution in [0.4, 0.5) is 34.1 Å². The van der Waals surface area contributed by atoms with Crippen LogP contribution in [0.3, 0.4) is 0 Å². The van der Waals surface area contributed by atoms with Crippen molar-refractivity contribution in [1.29, 1.82) is 0 Å². The Labute approximate surface area is 509 Å². The van der Waals surface area contributed by atoms with Crippen molar-refractivity contribution in [2.75, 3.05) is 9.80 Å². The van der Waals surface area contributed by atoms with Crippen LogP contribution in [-0.4, -0.2) is 0 Å². The molecular formula is C85H64N2. The molecule has 0 fully saturated rings. The van der Waals surface area contributed by atoms with Crippen LogP contribution in [0.2, 0.25) is 0 Å². The molecule has 0 unspecified atom stereocenters. The smallest absolute Gasteiger partial charge is 0.0468 e. The average Bonchev–Trinajstić information content (AvgIpc) is 1.44. The number of hydrogen-bond acceptors (Lipinski definition) is 2. The predicted molar refractivity (Wildman–Crippen MR) is 369 cm³/mol. The van der Waals surface area contributed by atoms with Crippen LogP contribution in [0.5, 0.6) is 0 Å². The van der Waals surface area contributed by atoms with Gasteiger partial charge in [0.15, 0.2) is 0 Å². The Bertz CT molecular complexity index is 5140. The molecule has 0 saturated heterocycles. The zero-order valence-corrected chi connectivity index (χ0v) is 50.0. The SMILES string of the molecule is CC1(C)c2ccccc2-c2cc(N(c3ccccc3)c3ccc4c(-c5ccc6c7c(cccc57)C(C)(C)c5ccccc5-6)c5cc(N(c6ccccc6)c6ccccc6)ccc5c(-c5ccc6c7c(cccc57)C(C)(C)c5ccccc5-6)c4c3)ccc21. The molecular weight excluding hydrogens is 1050 g/mol. The molecule has 414 valence electrons. The highest BCUT2D eigenvalue weighted by atomic mass is 15.1. The van der Waals surface area contributed by atoms with Crippen LogP contribution in [-0.2, 0) is 16.2 Å². The number of para-hydroxylation sites is 3. The van der Waals surface area contributed by atoms with Crippen molar-refractivity contribution >= 4 is 77.2 Å². The molecule has 3 aliphatic rings. The molecule has 0 aromatic heterocycles. The summed E-state index contributed by atoms with van der Waals surface area (Å²) in [6.45, 7) is 14.4. The van der Waals surface area contributed by atoms with Gasteiger partial charge in [0.05, 0.1) is 0 Å². The molecule has 17 rings (SSSR count). The third-order valence-electron chi connectivity index (χ3n) is 20.2. The summed E-state index contributed by atoms with van der Waals surface area (Å²) in [5.74, 6) is 0. The van der Waals surface area contributed by atoms with E-state index < -0.39 is 0 Å². The zero-order valence-electron chi connectivity index (χ0n) is 50.0. The number of anilines is 6. The molecule has 0 spiro atoms. The monoisotopic (exact) mass is 1110 g/mol. The second kappa shape index (κ2) is 18.9. The van der Waals surface area contributed by atoms with Gasteiger partial charge in [0.1, 0.15) is 0 Å².